The molecular weight excluding hydrogens is 300 g/mol. The molecule has 0 saturated carbocycles. The Balaban J connectivity index is 1.88. The lowest BCUT2D eigenvalue weighted by molar-refractivity contribution is -0.145. The second-order valence-electron chi connectivity index (χ2n) is 4.88. The first-order valence-corrected chi connectivity index (χ1v) is 6.40. The number of nitrogens with one attached hydrogen (secondary N) is 1. The van der Waals surface area contributed by atoms with Crippen LogP contribution in [0.5, 0.6) is 0 Å². The largest absolute Gasteiger partial charge is 0.506 e. The predicted molar refractivity (Wildman–Crippen MR) is 66.4 cm³/mol. The molecule has 1 saturated heterocycles. The van der Waals surface area contributed by atoms with E-state index in [-0.39, 0.29) is 11.6 Å². The quantitative estimate of drug-likeness (QED) is 0.421. The standard InChI is InChI=1S/C12H14N2O8/c1-20-5(15)3-21-4-2-14-10(13-11(4)19)8(18)9-6(16)7(17)12(14)22-9/h2,6-7,9,12,16-18H,3H2,1H3,(H,13,19)/t6-,7+,9+,12-/m1/s1. The molecule has 3 rings (SSSR count). The number of methoxy groups -OCH3 is 1. The van der Waals surface area contributed by atoms with Crippen molar-refractivity contribution >= 4 is 11.9 Å². The average molecular weight is 314 g/mol. The van der Waals surface area contributed by atoms with Crippen LogP contribution in [-0.2, 0) is 23.8 Å². The summed E-state index contributed by atoms with van der Waals surface area (Å²) in [6.07, 6.45) is -3.55. The van der Waals surface area contributed by atoms with Crippen LogP contribution in [0.2, 0.25) is 0 Å². The molecule has 1 fully saturated rings. The van der Waals surface area contributed by atoms with Gasteiger partial charge in [0.05, 0.1) is 13.3 Å². The highest BCUT2D eigenvalue weighted by Crippen LogP contribution is 2.37. The van der Waals surface area contributed by atoms with E-state index in [9.17, 15) is 24.9 Å². The third-order valence-corrected chi connectivity index (χ3v) is 3.57. The van der Waals surface area contributed by atoms with Crippen molar-refractivity contribution in [1.82, 2.24) is 10.2 Å². The molecule has 3 aliphatic rings. The van der Waals surface area contributed by atoms with Crippen LogP contribution >= 0.6 is 0 Å². The van der Waals surface area contributed by atoms with Crippen LogP contribution in [0.1, 0.15) is 0 Å². The number of carbonyl (C=O) groups excluding carboxylic acids is 2. The summed E-state index contributed by atoms with van der Waals surface area (Å²) < 4.78 is 14.7. The van der Waals surface area contributed by atoms with Crippen molar-refractivity contribution < 1.29 is 39.1 Å². The van der Waals surface area contributed by atoms with Gasteiger partial charge < -0.3 is 34.8 Å². The Morgan fingerprint density at radius 2 is 2.18 bits per heavy atom. The molecule has 0 radical (unpaired) electrons. The van der Waals surface area contributed by atoms with Crippen molar-refractivity contribution in [1.29, 1.82) is 0 Å². The van der Waals surface area contributed by atoms with E-state index in [0.717, 1.165) is 0 Å². The molecule has 0 aromatic rings. The second-order valence-corrected chi connectivity index (χ2v) is 4.88. The van der Waals surface area contributed by atoms with E-state index in [1.54, 1.807) is 0 Å². The topological polar surface area (TPSA) is 138 Å². The number of esters is 1. The van der Waals surface area contributed by atoms with Gasteiger partial charge in [0.2, 0.25) is 5.76 Å². The minimum absolute atomic E-state index is 0.00716. The van der Waals surface area contributed by atoms with Gasteiger partial charge in [0.1, 0.15) is 18.3 Å². The predicted octanol–water partition coefficient (Wildman–Crippen LogP) is -2.36. The van der Waals surface area contributed by atoms with Crippen LogP contribution in [0.3, 0.4) is 0 Å². The second kappa shape index (κ2) is 5.16. The summed E-state index contributed by atoms with van der Waals surface area (Å²) in [5.41, 5.74) is 0. The molecule has 10 nitrogen and oxygen atoms in total. The van der Waals surface area contributed by atoms with E-state index in [1.165, 1.54) is 18.2 Å². The van der Waals surface area contributed by atoms with Gasteiger partial charge in [-0.2, -0.15) is 0 Å². The smallest absolute Gasteiger partial charge is 0.343 e. The monoisotopic (exact) mass is 314 g/mol. The highest BCUT2D eigenvalue weighted by molar-refractivity contribution is 5.94. The number of rotatable bonds is 3. The molecule has 3 heterocycles. The van der Waals surface area contributed by atoms with Gasteiger partial charge in [0, 0.05) is 0 Å². The first-order valence-electron chi connectivity index (χ1n) is 6.40. The van der Waals surface area contributed by atoms with Crippen LogP contribution in [-0.4, -0.2) is 70.4 Å². The third kappa shape index (κ3) is 2.08. The number of ether oxygens (including phenoxy) is 3. The molecular formula is C12H14N2O8. The lowest BCUT2D eigenvalue weighted by atomic mass is 10.1. The zero-order chi connectivity index (χ0) is 16.0. The van der Waals surface area contributed by atoms with Gasteiger partial charge in [-0.25, -0.2) is 4.79 Å². The molecule has 0 spiro atoms. The van der Waals surface area contributed by atoms with E-state index in [1.807, 2.05) is 0 Å². The number of aliphatic hydroxyl groups is 3. The number of nitrogens with zero attached hydrogens (tertiary/aromatic N) is 1. The summed E-state index contributed by atoms with van der Waals surface area (Å²) in [7, 11) is 1.18. The number of amides is 1. The highest BCUT2D eigenvalue weighted by atomic mass is 16.6. The molecule has 3 aliphatic heterocycles. The summed E-state index contributed by atoms with van der Waals surface area (Å²) in [5.74, 6) is -2.00. The van der Waals surface area contributed by atoms with Gasteiger partial charge in [-0.15, -0.1) is 0 Å². The van der Waals surface area contributed by atoms with Crippen LogP contribution < -0.4 is 5.32 Å². The lowest BCUT2D eigenvalue weighted by Crippen LogP contribution is -2.50. The van der Waals surface area contributed by atoms with Crippen molar-refractivity contribution in [2.45, 2.75) is 24.5 Å². The van der Waals surface area contributed by atoms with Crippen molar-refractivity contribution in [3.8, 4) is 0 Å². The highest BCUT2D eigenvalue weighted by Gasteiger charge is 2.54. The molecule has 0 aliphatic carbocycles. The zero-order valence-corrected chi connectivity index (χ0v) is 11.4. The van der Waals surface area contributed by atoms with Gasteiger partial charge in [-0.05, 0) is 0 Å². The summed E-state index contributed by atoms with van der Waals surface area (Å²) >= 11 is 0. The van der Waals surface area contributed by atoms with Crippen LogP contribution in [0.15, 0.2) is 23.5 Å². The summed E-state index contributed by atoms with van der Waals surface area (Å²) in [5, 5.41) is 32.1. The molecule has 10 heteroatoms. The van der Waals surface area contributed by atoms with Gasteiger partial charge in [-0.3, -0.25) is 9.69 Å². The Labute approximate surface area is 124 Å². The molecule has 4 atom stereocenters. The van der Waals surface area contributed by atoms with Gasteiger partial charge in [0.15, 0.2) is 24.4 Å². The normalized spacial score (nSPS) is 33.1. The maximum Gasteiger partial charge on any atom is 0.343 e. The summed E-state index contributed by atoms with van der Waals surface area (Å²) in [6, 6.07) is 0. The fourth-order valence-corrected chi connectivity index (χ4v) is 2.43. The SMILES string of the molecule is COC(=O)COC1=CN2C(=C(O)[C@H]3O[C@@H]2[C@@H](O)[C@H]3O)NC1=O. The molecule has 0 unspecified atom stereocenters. The van der Waals surface area contributed by atoms with Gasteiger partial charge >= 0.3 is 5.97 Å². The first kappa shape index (κ1) is 14.6. The molecule has 120 valence electrons. The Bertz CT molecular complexity index is 586. The molecule has 2 bridgehead atoms. The lowest BCUT2D eigenvalue weighted by Gasteiger charge is -2.37. The number of carbonyl (C=O) groups is 2. The Hall–Kier alpha value is -2.30. The van der Waals surface area contributed by atoms with Gasteiger partial charge in [-0.1, -0.05) is 0 Å². The van der Waals surface area contributed by atoms with Crippen molar-refractivity contribution in [3.63, 3.8) is 0 Å². The average Bonchev–Trinajstić information content (AvgIpc) is 2.77. The molecule has 0 aromatic heterocycles. The zero-order valence-electron chi connectivity index (χ0n) is 11.4. The van der Waals surface area contributed by atoms with E-state index in [2.05, 4.69) is 10.1 Å². The Morgan fingerprint density at radius 3 is 2.86 bits per heavy atom. The van der Waals surface area contributed by atoms with Crippen molar-refractivity contribution in [2.24, 2.45) is 0 Å². The maximum atomic E-state index is 11.9. The summed E-state index contributed by atoms with van der Waals surface area (Å²) in [4.78, 5) is 24.2. The van der Waals surface area contributed by atoms with Crippen LogP contribution in [0.4, 0.5) is 0 Å². The number of hydrogen-bond donors (Lipinski definition) is 4. The molecule has 1 amide bonds. The van der Waals surface area contributed by atoms with Crippen LogP contribution in [0.25, 0.3) is 0 Å². The maximum absolute atomic E-state index is 11.9. The Kier molecular flexibility index (Phi) is 3.43. The Morgan fingerprint density at radius 1 is 1.45 bits per heavy atom. The minimum atomic E-state index is -1.33. The van der Waals surface area contributed by atoms with Crippen molar-refractivity contribution in [2.75, 3.05) is 13.7 Å². The number of fused-ring (bicyclic) bond motifs is 4. The van der Waals surface area contributed by atoms with E-state index < -0.39 is 48.8 Å². The molecule has 22 heavy (non-hydrogen) atoms. The minimum Gasteiger partial charge on any atom is -0.506 e. The van der Waals surface area contributed by atoms with E-state index in [4.69, 9.17) is 9.47 Å². The van der Waals surface area contributed by atoms with Crippen LogP contribution in [0, 0.1) is 0 Å². The third-order valence-electron chi connectivity index (χ3n) is 3.57. The number of hydrogen-bond acceptors (Lipinski definition) is 9. The van der Waals surface area contributed by atoms with Crippen molar-refractivity contribution in [3.05, 3.63) is 23.5 Å². The van der Waals surface area contributed by atoms with Gasteiger partial charge in [0.25, 0.3) is 5.91 Å². The fraction of sp³-hybridized carbons (Fsp3) is 0.500. The van der Waals surface area contributed by atoms with E-state index >= 15 is 0 Å². The number of aliphatic hydroxyl groups excluding tert-OH is 3. The first-order chi connectivity index (χ1) is 10.4. The van der Waals surface area contributed by atoms with E-state index in [0.29, 0.717) is 0 Å². The molecule has 0 aromatic carbocycles. The summed E-state index contributed by atoms with van der Waals surface area (Å²) in [6.45, 7) is -0.478. The fourth-order valence-electron chi connectivity index (χ4n) is 2.43. The molecule has 4 N–H and O–H groups in total.